The fraction of sp³-hybridized carbons (Fsp3) is 0. The number of hydrogen-bond donors (Lipinski definition) is 4. The van der Waals surface area contributed by atoms with Crippen LogP contribution in [0.3, 0.4) is 0 Å². The monoisotopic (exact) mass is 130 g/mol. The molecule has 0 atom stereocenters. The first-order valence-corrected chi connectivity index (χ1v) is 4.20. The van der Waals surface area contributed by atoms with Crippen molar-refractivity contribution in [1.29, 1.82) is 0 Å². The highest BCUT2D eigenvalue weighted by atomic mass is 32.1. The zero-order valence-electron chi connectivity index (χ0n) is 2.68. The van der Waals surface area contributed by atoms with E-state index in [-0.39, 0.29) is 0 Å². The molecular formula is H4O4P2. The summed E-state index contributed by atoms with van der Waals surface area (Å²) in [5.74, 6) is 0. The summed E-state index contributed by atoms with van der Waals surface area (Å²) < 4.78 is 0. The molecular weight excluding hydrogens is 126 g/mol. The smallest absolute Gasteiger partial charge is 0.250 e. The van der Waals surface area contributed by atoms with Gasteiger partial charge < -0.3 is 19.6 Å². The van der Waals surface area contributed by atoms with Crippen molar-refractivity contribution in [1.82, 2.24) is 0 Å². The summed E-state index contributed by atoms with van der Waals surface area (Å²) >= 11 is 0. The Morgan fingerprint density at radius 2 is 0.833 bits per heavy atom. The van der Waals surface area contributed by atoms with Gasteiger partial charge in [0, 0.05) is 0 Å². The van der Waals surface area contributed by atoms with E-state index in [4.69, 9.17) is 19.6 Å². The van der Waals surface area contributed by atoms with Gasteiger partial charge in [-0.3, -0.25) is 0 Å². The molecule has 4 N–H and O–H groups in total. The number of hydrogen-bond acceptors (Lipinski definition) is 4. The Hall–Kier alpha value is 0.700. The van der Waals surface area contributed by atoms with E-state index in [1.54, 1.807) is 0 Å². The second-order valence-corrected chi connectivity index (χ2v) is 3.76. The Bertz CT molecular complexity index is 26.5. The van der Waals surface area contributed by atoms with E-state index in [2.05, 4.69) is 0 Å². The van der Waals surface area contributed by atoms with E-state index in [1.807, 2.05) is 0 Å². The molecule has 6 heteroatoms. The molecule has 0 saturated carbocycles. The van der Waals surface area contributed by atoms with E-state index in [0.29, 0.717) is 0 Å². The van der Waals surface area contributed by atoms with Crippen molar-refractivity contribution in [3.63, 3.8) is 0 Å². The van der Waals surface area contributed by atoms with Gasteiger partial charge in [-0.25, -0.2) is 0 Å². The van der Waals surface area contributed by atoms with Crippen LogP contribution >= 0.6 is 16.1 Å². The molecule has 0 aliphatic carbocycles. The molecule has 0 aromatic rings. The van der Waals surface area contributed by atoms with Crippen molar-refractivity contribution in [2.75, 3.05) is 0 Å². The third-order valence-corrected chi connectivity index (χ3v) is 1.44. The lowest BCUT2D eigenvalue weighted by Crippen LogP contribution is -1.63. The standard InChI is InChI=1S/H4O4P2/c1-5(2)6(3)4/h1-4H. The first-order chi connectivity index (χ1) is 2.64. The Morgan fingerprint density at radius 1 is 0.667 bits per heavy atom. The van der Waals surface area contributed by atoms with Gasteiger partial charge in [-0.2, -0.15) is 0 Å². The van der Waals surface area contributed by atoms with Crippen LogP contribution in [0, 0.1) is 0 Å². The predicted octanol–water partition coefficient (Wildman–Crippen LogP) is -0.506. The summed E-state index contributed by atoms with van der Waals surface area (Å²) in [7, 11) is -4.97. The molecule has 0 saturated heterocycles. The third-order valence-electron chi connectivity index (χ3n) is 0.160. The predicted molar refractivity (Wildman–Crippen MR) is 22.7 cm³/mol. The molecule has 0 amide bonds. The van der Waals surface area contributed by atoms with Gasteiger partial charge in [0.1, 0.15) is 0 Å². The maximum Gasteiger partial charge on any atom is 0.250 e. The minimum atomic E-state index is -2.48. The molecule has 0 unspecified atom stereocenters. The average Bonchev–Trinajstić information content (AvgIpc) is 1.36. The van der Waals surface area contributed by atoms with Gasteiger partial charge in [-0.15, -0.1) is 0 Å². The van der Waals surface area contributed by atoms with Gasteiger partial charge in [0.2, 0.25) is 0 Å². The summed E-state index contributed by atoms with van der Waals surface area (Å²) in [5, 5.41) is 0. The van der Waals surface area contributed by atoms with Gasteiger partial charge in [0.05, 0.1) is 0 Å². The van der Waals surface area contributed by atoms with Crippen LogP contribution in [0.2, 0.25) is 0 Å². The largest absolute Gasteiger partial charge is 0.344 e. The normalized spacial score (nSPS) is 11.0. The Balaban J connectivity index is 2.99. The maximum absolute atomic E-state index is 7.78. The van der Waals surface area contributed by atoms with E-state index in [0.717, 1.165) is 0 Å². The quantitative estimate of drug-likeness (QED) is 0.360. The topological polar surface area (TPSA) is 80.9 Å². The minimum Gasteiger partial charge on any atom is -0.344 e. The average molecular weight is 130 g/mol. The Kier molecular flexibility index (Phi) is 3.13. The molecule has 4 nitrogen and oxygen atoms in total. The first-order valence-electron chi connectivity index (χ1n) is 1.000. The van der Waals surface area contributed by atoms with Crippen LogP contribution in [0.4, 0.5) is 0 Å². The van der Waals surface area contributed by atoms with Gasteiger partial charge in [0.15, 0.2) is 0 Å². The lowest BCUT2D eigenvalue weighted by atomic mass is 15.9. The second-order valence-electron chi connectivity index (χ2n) is 0.537. The molecule has 0 bridgehead atoms. The maximum atomic E-state index is 7.78. The fourth-order valence-corrected chi connectivity index (χ4v) is 0. The highest BCUT2D eigenvalue weighted by Gasteiger charge is 2.08. The van der Waals surface area contributed by atoms with Crippen LogP contribution in [0.15, 0.2) is 0 Å². The zero-order chi connectivity index (χ0) is 5.15. The highest BCUT2D eigenvalue weighted by molar-refractivity contribution is 8.19. The second kappa shape index (κ2) is 2.80. The van der Waals surface area contributed by atoms with Gasteiger partial charge in [-0.1, -0.05) is 0 Å². The Labute approximate surface area is 36.8 Å². The molecule has 0 fully saturated rings. The molecule has 0 aliphatic rings. The first kappa shape index (κ1) is 6.70. The SMILES string of the molecule is OP(O)P(O)O. The summed E-state index contributed by atoms with van der Waals surface area (Å²) in [6, 6.07) is 0. The van der Waals surface area contributed by atoms with E-state index >= 15 is 0 Å². The van der Waals surface area contributed by atoms with E-state index < -0.39 is 16.1 Å². The highest BCUT2D eigenvalue weighted by Crippen LogP contribution is 2.56. The van der Waals surface area contributed by atoms with E-state index in [9.17, 15) is 0 Å². The summed E-state index contributed by atoms with van der Waals surface area (Å²) in [4.78, 5) is 31.1. The zero-order valence-corrected chi connectivity index (χ0v) is 4.47. The van der Waals surface area contributed by atoms with E-state index in [1.165, 1.54) is 0 Å². The molecule has 0 heterocycles. The molecule has 0 aromatic heterocycles. The molecule has 0 aromatic carbocycles. The molecule has 38 valence electrons. The van der Waals surface area contributed by atoms with Crippen LogP contribution in [-0.4, -0.2) is 19.6 Å². The summed E-state index contributed by atoms with van der Waals surface area (Å²) in [6.45, 7) is 0. The molecule has 0 rings (SSSR count). The van der Waals surface area contributed by atoms with Crippen molar-refractivity contribution in [3.8, 4) is 0 Å². The lowest BCUT2D eigenvalue weighted by Gasteiger charge is -1.97. The van der Waals surface area contributed by atoms with Gasteiger partial charge in [-0.05, 0) is 0 Å². The lowest BCUT2D eigenvalue weighted by molar-refractivity contribution is 0.457. The molecule has 0 spiro atoms. The van der Waals surface area contributed by atoms with Gasteiger partial charge >= 0.3 is 0 Å². The van der Waals surface area contributed by atoms with Crippen molar-refractivity contribution < 1.29 is 19.6 Å². The molecule has 0 radical (unpaired) electrons. The van der Waals surface area contributed by atoms with Gasteiger partial charge in [0.25, 0.3) is 16.1 Å². The van der Waals surface area contributed by atoms with Crippen molar-refractivity contribution in [3.05, 3.63) is 0 Å². The van der Waals surface area contributed by atoms with Crippen molar-refractivity contribution >= 4 is 16.1 Å². The van der Waals surface area contributed by atoms with Crippen LogP contribution < -0.4 is 0 Å². The summed E-state index contributed by atoms with van der Waals surface area (Å²) in [5.41, 5.74) is 0. The van der Waals surface area contributed by atoms with Crippen LogP contribution in [0.1, 0.15) is 0 Å². The Morgan fingerprint density at radius 3 is 0.833 bits per heavy atom. The van der Waals surface area contributed by atoms with Crippen LogP contribution in [0.25, 0.3) is 0 Å². The van der Waals surface area contributed by atoms with Crippen molar-refractivity contribution in [2.45, 2.75) is 0 Å². The summed E-state index contributed by atoms with van der Waals surface area (Å²) in [6.07, 6.45) is 0. The minimum absolute atomic E-state index is 2.48. The molecule has 0 aliphatic heterocycles. The number of rotatable bonds is 1. The third kappa shape index (κ3) is 2.91. The fourth-order valence-electron chi connectivity index (χ4n) is 0. The van der Waals surface area contributed by atoms with Crippen LogP contribution in [-0.2, 0) is 0 Å². The molecule has 6 heavy (non-hydrogen) atoms. The van der Waals surface area contributed by atoms with Crippen molar-refractivity contribution in [2.24, 2.45) is 0 Å². The van der Waals surface area contributed by atoms with Crippen LogP contribution in [0.5, 0.6) is 0 Å².